The van der Waals surface area contributed by atoms with Crippen LogP contribution in [0.25, 0.3) is 0 Å². The van der Waals surface area contributed by atoms with Gasteiger partial charge < -0.3 is 10.2 Å². The number of rotatable bonds is 4. The van der Waals surface area contributed by atoms with E-state index in [0.717, 1.165) is 31.4 Å². The molecule has 1 N–H and O–H groups in total. The van der Waals surface area contributed by atoms with Gasteiger partial charge in [-0.15, -0.1) is 0 Å². The van der Waals surface area contributed by atoms with Gasteiger partial charge in [-0.05, 0) is 57.5 Å². The van der Waals surface area contributed by atoms with E-state index >= 15 is 0 Å². The minimum atomic E-state index is -0.232. The third kappa shape index (κ3) is 4.39. The van der Waals surface area contributed by atoms with Gasteiger partial charge in [0, 0.05) is 24.5 Å². The van der Waals surface area contributed by atoms with Crippen molar-refractivity contribution in [2.45, 2.75) is 38.3 Å². The fraction of sp³-hybridized carbons (Fsp3) is 0.421. The summed E-state index contributed by atoms with van der Waals surface area (Å²) < 4.78 is 13.1. The second kappa shape index (κ2) is 7.70. The molecule has 6 heteroatoms. The first-order valence-electron chi connectivity index (χ1n) is 8.57. The molecule has 0 saturated carbocycles. The lowest BCUT2D eigenvalue weighted by Gasteiger charge is -2.39. The summed E-state index contributed by atoms with van der Waals surface area (Å²) in [4.78, 5) is 23.0. The van der Waals surface area contributed by atoms with Crippen LogP contribution in [0.15, 0.2) is 36.7 Å². The van der Waals surface area contributed by atoms with Crippen LogP contribution in [-0.2, 0) is 6.42 Å². The number of aryl methyl sites for hydroxylation is 1. The molecule has 2 heterocycles. The fourth-order valence-electron chi connectivity index (χ4n) is 3.32. The number of benzene rings is 1. The summed E-state index contributed by atoms with van der Waals surface area (Å²) in [6.45, 7) is 2.78. The molecule has 25 heavy (non-hydrogen) atoms. The largest absolute Gasteiger partial charge is 0.348 e. The number of carbonyl (C=O) groups is 1. The lowest BCUT2D eigenvalue weighted by molar-refractivity contribution is 0.0851. The molecule has 1 aliphatic rings. The third-order valence-corrected chi connectivity index (χ3v) is 4.77. The van der Waals surface area contributed by atoms with Crippen molar-refractivity contribution in [3.05, 3.63) is 59.4 Å². The zero-order valence-electron chi connectivity index (χ0n) is 14.6. The van der Waals surface area contributed by atoms with Crippen molar-refractivity contribution in [2.24, 2.45) is 0 Å². The van der Waals surface area contributed by atoms with E-state index in [1.165, 1.54) is 12.1 Å². The van der Waals surface area contributed by atoms with Crippen LogP contribution in [0.1, 0.15) is 34.6 Å². The van der Waals surface area contributed by atoms with Crippen LogP contribution in [0.2, 0.25) is 0 Å². The maximum Gasteiger partial charge on any atom is 0.254 e. The van der Waals surface area contributed by atoms with Gasteiger partial charge in [-0.2, -0.15) is 0 Å². The molecule has 2 atom stereocenters. The van der Waals surface area contributed by atoms with Crippen molar-refractivity contribution >= 4 is 5.91 Å². The number of nitrogens with one attached hydrogen (secondary N) is 1. The predicted octanol–water partition coefficient (Wildman–Crippen LogP) is 2.36. The number of hydrogen-bond donors (Lipinski definition) is 1. The predicted molar refractivity (Wildman–Crippen MR) is 93.8 cm³/mol. The number of aromatic nitrogens is 2. The highest BCUT2D eigenvalue weighted by atomic mass is 19.1. The first-order chi connectivity index (χ1) is 12.0. The Hall–Kier alpha value is -2.34. The summed E-state index contributed by atoms with van der Waals surface area (Å²) in [6.07, 6.45) is 5.84. The topological polar surface area (TPSA) is 58.1 Å². The molecule has 0 spiro atoms. The van der Waals surface area contributed by atoms with E-state index in [-0.39, 0.29) is 23.8 Å². The number of halogens is 1. The summed E-state index contributed by atoms with van der Waals surface area (Å²) in [5.41, 5.74) is 1.54. The highest BCUT2D eigenvalue weighted by molar-refractivity contribution is 5.93. The minimum absolute atomic E-state index is 0.0395. The van der Waals surface area contributed by atoms with Gasteiger partial charge in [0.25, 0.3) is 5.91 Å². The molecule has 0 radical (unpaired) electrons. The molecule has 0 bridgehead atoms. The van der Waals surface area contributed by atoms with Crippen molar-refractivity contribution in [2.75, 3.05) is 13.6 Å². The Morgan fingerprint density at radius 3 is 2.64 bits per heavy atom. The first-order valence-corrected chi connectivity index (χ1v) is 8.57. The van der Waals surface area contributed by atoms with E-state index in [2.05, 4.69) is 27.2 Å². The lowest BCUT2D eigenvalue weighted by Crippen LogP contribution is -2.54. The monoisotopic (exact) mass is 342 g/mol. The standard InChI is InChI=1S/C19H23FN4O/c1-13-21-11-15(12-22-13)19(25)23-17-4-3-9-24(2)18(17)10-14-5-7-16(20)8-6-14/h5-8,11-12,17-18H,3-4,9-10H2,1-2H3,(H,23,25)/t17-,18-/m0/s1. The number of hydrogen-bond acceptors (Lipinski definition) is 4. The molecular formula is C19H23FN4O. The Labute approximate surface area is 147 Å². The minimum Gasteiger partial charge on any atom is -0.348 e. The van der Waals surface area contributed by atoms with Gasteiger partial charge in [0.15, 0.2) is 0 Å². The van der Waals surface area contributed by atoms with E-state index in [9.17, 15) is 9.18 Å². The Morgan fingerprint density at radius 1 is 1.28 bits per heavy atom. The van der Waals surface area contributed by atoms with Gasteiger partial charge in [-0.1, -0.05) is 12.1 Å². The molecule has 1 aromatic carbocycles. The molecule has 1 aliphatic heterocycles. The number of nitrogens with zero attached hydrogens (tertiary/aromatic N) is 3. The molecule has 0 unspecified atom stereocenters. The summed E-state index contributed by atoms with van der Waals surface area (Å²) >= 11 is 0. The normalized spacial score (nSPS) is 21.1. The van der Waals surface area contributed by atoms with Gasteiger partial charge >= 0.3 is 0 Å². The zero-order valence-corrected chi connectivity index (χ0v) is 14.6. The SMILES string of the molecule is Cc1ncc(C(=O)N[C@H]2CCCN(C)[C@H]2Cc2ccc(F)cc2)cn1. The quantitative estimate of drug-likeness (QED) is 0.927. The zero-order chi connectivity index (χ0) is 17.8. The Bertz CT molecular complexity index is 717. The van der Waals surface area contributed by atoms with Gasteiger partial charge in [-0.3, -0.25) is 4.79 Å². The van der Waals surface area contributed by atoms with Crippen LogP contribution >= 0.6 is 0 Å². The molecule has 1 aromatic heterocycles. The van der Waals surface area contributed by atoms with Crippen LogP contribution < -0.4 is 5.32 Å². The Kier molecular flexibility index (Phi) is 5.38. The molecule has 1 saturated heterocycles. The molecule has 5 nitrogen and oxygen atoms in total. The number of piperidine rings is 1. The van der Waals surface area contributed by atoms with Crippen molar-refractivity contribution in [3.8, 4) is 0 Å². The van der Waals surface area contributed by atoms with E-state index in [0.29, 0.717) is 11.4 Å². The number of carbonyl (C=O) groups excluding carboxylic acids is 1. The average Bonchev–Trinajstić information content (AvgIpc) is 2.60. The average molecular weight is 342 g/mol. The van der Waals surface area contributed by atoms with Crippen molar-refractivity contribution in [3.63, 3.8) is 0 Å². The van der Waals surface area contributed by atoms with E-state index in [1.54, 1.807) is 19.3 Å². The van der Waals surface area contributed by atoms with E-state index < -0.39 is 0 Å². The summed E-state index contributed by atoms with van der Waals surface area (Å²) in [7, 11) is 2.07. The highest BCUT2D eigenvalue weighted by Gasteiger charge is 2.30. The molecule has 3 rings (SSSR count). The van der Waals surface area contributed by atoms with Crippen LogP contribution in [-0.4, -0.2) is 46.5 Å². The maximum atomic E-state index is 13.1. The lowest BCUT2D eigenvalue weighted by atomic mass is 9.91. The van der Waals surface area contributed by atoms with Gasteiger partial charge in [0.2, 0.25) is 0 Å². The van der Waals surface area contributed by atoms with Crippen LogP contribution in [0.4, 0.5) is 4.39 Å². The smallest absolute Gasteiger partial charge is 0.254 e. The third-order valence-electron chi connectivity index (χ3n) is 4.77. The molecule has 132 valence electrons. The Balaban J connectivity index is 1.71. The maximum absolute atomic E-state index is 13.1. The van der Waals surface area contributed by atoms with E-state index in [1.807, 2.05) is 12.1 Å². The molecule has 1 fully saturated rings. The fourth-order valence-corrected chi connectivity index (χ4v) is 3.32. The number of likely N-dealkylation sites (N-methyl/N-ethyl adjacent to an activating group) is 1. The van der Waals surface area contributed by atoms with Crippen molar-refractivity contribution < 1.29 is 9.18 Å². The molecule has 2 aromatic rings. The summed E-state index contributed by atoms with van der Waals surface area (Å²) in [6, 6.07) is 6.80. The summed E-state index contributed by atoms with van der Waals surface area (Å²) in [5.74, 6) is 0.262. The van der Waals surface area contributed by atoms with Gasteiger partial charge in [-0.25, -0.2) is 14.4 Å². The van der Waals surface area contributed by atoms with Crippen LogP contribution in [0.3, 0.4) is 0 Å². The second-order valence-corrected chi connectivity index (χ2v) is 6.62. The second-order valence-electron chi connectivity index (χ2n) is 6.62. The van der Waals surface area contributed by atoms with Crippen molar-refractivity contribution in [1.82, 2.24) is 20.2 Å². The number of amides is 1. The van der Waals surface area contributed by atoms with E-state index in [4.69, 9.17) is 0 Å². The molecule has 0 aliphatic carbocycles. The molecule has 1 amide bonds. The van der Waals surface area contributed by atoms with Crippen molar-refractivity contribution in [1.29, 1.82) is 0 Å². The highest BCUT2D eigenvalue weighted by Crippen LogP contribution is 2.21. The molecular weight excluding hydrogens is 319 g/mol. The van der Waals surface area contributed by atoms with Gasteiger partial charge in [0.1, 0.15) is 11.6 Å². The van der Waals surface area contributed by atoms with Crippen LogP contribution in [0, 0.1) is 12.7 Å². The summed E-state index contributed by atoms with van der Waals surface area (Å²) in [5, 5.41) is 3.13. The number of likely N-dealkylation sites (tertiary alicyclic amines) is 1. The first kappa shape index (κ1) is 17.5. The Morgan fingerprint density at radius 2 is 1.96 bits per heavy atom. The van der Waals surface area contributed by atoms with Crippen LogP contribution in [0.5, 0.6) is 0 Å². The van der Waals surface area contributed by atoms with Gasteiger partial charge in [0.05, 0.1) is 5.56 Å².